The Morgan fingerprint density at radius 1 is 1.27 bits per heavy atom. The molecule has 2 heteroatoms. The van der Waals surface area contributed by atoms with Gasteiger partial charge in [0.25, 0.3) is 0 Å². The van der Waals surface area contributed by atoms with Gasteiger partial charge in [0.2, 0.25) is 0 Å². The lowest BCUT2D eigenvalue weighted by atomic mass is 9.93. The van der Waals surface area contributed by atoms with Crippen LogP contribution in [0.4, 0.5) is 0 Å². The van der Waals surface area contributed by atoms with E-state index in [-0.39, 0.29) is 0 Å². The van der Waals surface area contributed by atoms with Crippen LogP contribution < -0.4 is 5.84 Å². The SMILES string of the molecule is CC(C)C1CC(c2ccccc2)CN1N. The first-order valence-electron chi connectivity index (χ1n) is 5.74. The fourth-order valence-electron chi connectivity index (χ4n) is 2.51. The molecule has 2 unspecified atom stereocenters. The van der Waals surface area contributed by atoms with Gasteiger partial charge in [-0.2, -0.15) is 0 Å². The van der Waals surface area contributed by atoms with E-state index in [1.54, 1.807) is 0 Å². The van der Waals surface area contributed by atoms with E-state index in [0.29, 0.717) is 17.9 Å². The van der Waals surface area contributed by atoms with Crippen molar-refractivity contribution in [2.45, 2.75) is 32.2 Å². The van der Waals surface area contributed by atoms with Crippen LogP contribution >= 0.6 is 0 Å². The van der Waals surface area contributed by atoms with Crippen LogP contribution in [-0.4, -0.2) is 17.6 Å². The number of hydrogen-bond acceptors (Lipinski definition) is 2. The molecule has 2 atom stereocenters. The van der Waals surface area contributed by atoms with Crippen molar-refractivity contribution in [3.8, 4) is 0 Å². The third-order valence-corrected chi connectivity index (χ3v) is 3.42. The zero-order valence-corrected chi connectivity index (χ0v) is 9.56. The Bertz CT molecular complexity index is 308. The predicted molar refractivity (Wildman–Crippen MR) is 63.3 cm³/mol. The van der Waals surface area contributed by atoms with Crippen LogP contribution in [0.5, 0.6) is 0 Å². The maximum atomic E-state index is 6.04. The number of rotatable bonds is 2. The van der Waals surface area contributed by atoms with Crippen molar-refractivity contribution in [3.05, 3.63) is 35.9 Å². The van der Waals surface area contributed by atoms with E-state index in [1.165, 1.54) is 12.0 Å². The van der Waals surface area contributed by atoms with Gasteiger partial charge in [-0.15, -0.1) is 0 Å². The highest BCUT2D eigenvalue weighted by Gasteiger charge is 2.32. The minimum Gasteiger partial charge on any atom is -0.269 e. The highest BCUT2D eigenvalue weighted by Crippen LogP contribution is 2.32. The molecule has 1 aromatic carbocycles. The van der Waals surface area contributed by atoms with Crippen molar-refractivity contribution < 1.29 is 0 Å². The van der Waals surface area contributed by atoms with Crippen LogP contribution in [0.3, 0.4) is 0 Å². The molecule has 2 nitrogen and oxygen atoms in total. The predicted octanol–water partition coefficient (Wildman–Crippen LogP) is 2.37. The molecule has 1 heterocycles. The number of nitrogens with two attached hydrogens (primary N) is 1. The second-order valence-corrected chi connectivity index (χ2v) is 4.85. The molecular weight excluding hydrogens is 184 g/mol. The molecule has 2 rings (SSSR count). The normalized spacial score (nSPS) is 27.5. The average Bonchev–Trinajstić information content (AvgIpc) is 2.62. The average molecular weight is 204 g/mol. The highest BCUT2D eigenvalue weighted by molar-refractivity contribution is 5.21. The highest BCUT2D eigenvalue weighted by atomic mass is 15.4. The van der Waals surface area contributed by atoms with E-state index >= 15 is 0 Å². The summed E-state index contributed by atoms with van der Waals surface area (Å²) in [4.78, 5) is 0. The summed E-state index contributed by atoms with van der Waals surface area (Å²) >= 11 is 0. The van der Waals surface area contributed by atoms with Gasteiger partial charge in [-0.25, -0.2) is 5.01 Å². The Balaban J connectivity index is 2.09. The molecule has 0 bridgehead atoms. The van der Waals surface area contributed by atoms with E-state index in [9.17, 15) is 0 Å². The molecule has 0 saturated carbocycles. The van der Waals surface area contributed by atoms with Gasteiger partial charge in [0, 0.05) is 12.6 Å². The maximum Gasteiger partial charge on any atom is 0.0270 e. The summed E-state index contributed by atoms with van der Waals surface area (Å²) in [5.41, 5.74) is 1.43. The molecule has 1 aliphatic heterocycles. The van der Waals surface area contributed by atoms with Gasteiger partial charge in [-0.05, 0) is 23.8 Å². The third kappa shape index (κ3) is 2.21. The van der Waals surface area contributed by atoms with Crippen molar-refractivity contribution >= 4 is 0 Å². The minimum absolute atomic E-state index is 0.537. The lowest BCUT2D eigenvalue weighted by Crippen LogP contribution is -2.38. The zero-order chi connectivity index (χ0) is 10.8. The van der Waals surface area contributed by atoms with Gasteiger partial charge in [-0.3, -0.25) is 5.84 Å². The summed E-state index contributed by atoms with van der Waals surface area (Å²) in [6.07, 6.45) is 1.19. The van der Waals surface area contributed by atoms with Crippen LogP contribution in [-0.2, 0) is 0 Å². The number of nitrogens with zero attached hydrogens (tertiary/aromatic N) is 1. The molecule has 1 saturated heterocycles. The first-order chi connectivity index (χ1) is 7.18. The van der Waals surface area contributed by atoms with E-state index in [0.717, 1.165) is 6.54 Å². The quantitative estimate of drug-likeness (QED) is 0.749. The van der Waals surface area contributed by atoms with Crippen LogP contribution in [0.25, 0.3) is 0 Å². The lowest BCUT2D eigenvalue weighted by molar-refractivity contribution is 0.211. The Labute approximate surface area is 92.1 Å². The molecule has 0 spiro atoms. The summed E-state index contributed by atoms with van der Waals surface area (Å²) in [6.45, 7) is 5.49. The summed E-state index contributed by atoms with van der Waals surface area (Å²) in [5, 5.41) is 2.02. The summed E-state index contributed by atoms with van der Waals surface area (Å²) in [6, 6.07) is 11.2. The van der Waals surface area contributed by atoms with Gasteiger partial charge in [0.1, 0.15) is 0 Å². The molecule has 0 radical (unpaired) electrons. The van der Waals surface area contributed by atoms with E-state index in [2.05, 4.69) is 44.2 Å². The van der Waals surface area contributed by atoms with E-state index in [1.807, 2.05) is 5.01 Å². The van der Waals surface area contributed by atoms with Gasteiger partial charge in [0.05, 0.1) is 0 Å². The molecule has 1 fully saturated rings. The standard InChI is InChI=1S/C13H20N2/c1-10(2)13-8-12(9-15(13)14)11-6-4-3-5-7-11/h3-7,10,12-13H,8-9,14H2,1-2H3. The van der Waals surface area contributed by atoms with E-state index in [4.69, 9.17) is 5.84 Å². The van der Waals surface area contributed by atoms with Gasteiger partial charge in [0.15, 0.2) is 0 Å². The molecule has 0 amide bonds. The number of benzene rings is 1. The van der Waals surface area contributed by atoms with E-state index < -0.39 is 0 Å². The Kier molecular flexibility index (Phi) is 3.08. The summed E-state index contributed by atoms with van der Waals surface area (Å²) in [7, 11) is 0. The first-order valence-corrected chi connectivity index (χ1v) is 5.74. The largest absolute Gasteiger partial charge is 0.269 e. The summed E-state index contributed by atoms with van der Waals surface area (Å²) in [5.74, 6) is 7.30. The Morgan fingerprint density at radius 2 is 1.93 bits per heavy atom. The van der Waals surface area contributed by atoms with Crippen molar-refractivity contribution in [1.29, 1.82) is 0 Å². The smallest absolute Gasteiger partial charge is 0.0270 e. The molecule has 82 valence electrons. The van der Waals surface area contributed by atoms with Crippen molar-refractivity contribution in [2.24, 2.45) is 11.8 Å². The van der Waals surface area contributed by atoms with Crippen LogP contribution in [0.2, 0.25) is 0 Å². The second-order valence-electron chi connectivity index (χ2n) is 4.85. The fourth-order valence-corrected chi connectivity index (χ4v) is 2.51. The number of hydrogen-bond donors (Lipinski definition) is 1. The Morgan fingerprint density at radius 3 is 2.47 bits per heavy atom. The molecule has 2 N–H and O–H groups in total. The van der Waals surface area contributed by atoms with Crippen molar-refractivity contribution in [1.82, 2.24) is 5.01 Å². The summed E-state index contributed by atoms with van der Waals surface area (Å²) < 4.78 is 0. The van der Waals surface area contributed by atoms with Crippen LogP contribution in [0, 0.1) is 5.92 Å². The molecule has 0 aliphatic carbocycles. The fraction of sp³-hybridized carbons (Fsp3) is 0.538. The molecule has 1 aromatic rings. The number of hydrazine groups is 1. The minimum atomic E-state index is 0.537. The van der Waals surface area contributed by atoms with Gasteiger partial charge in [-0.1, -0.05) is 44.2 Å². The molecule has 1 aliphatic rings. The van der Waals surface area contributed by atoms with Crippen LogP contribution in [0.1, 0.15) is 31.7 Å². The lowest BCUT2D eigenvalue weighted by Gasteiger charge is -2.21. The van der Waals surface area contributed by atoms with Gasteiger partial charge < -0.3 is 0 Å². The van der Waals surface area contributed by atoms with Crippen molar-refractivity contribution in [3.63, 3.8) is 0 Å². The second kappa shape index (κ2) is 4.33. The van der Waals surface area contributed by atoms with Gasteiger partial charge >= 0.3 is 0 Å². The maximum absolute atomic E-state index is 6.04. The van der Waals surface area contributed by atoms with Crippen LogP contribution in [0.15, 0.2) is 30.3 Å². The monoisotopic (exact) mass is 204 g/mol. The zero-order valence-electron chi connectivity index (χ0n) is 9.56. The Hall–Kier alpha value is -0.860. The molecule has 0 aromatic heterocycles. The topological polar surface area (TPSA) is 29.3 Å². The molecular formula is C13H20N2. The van der Waals surface area contributed by atoms with Crippen molar-refractivity contribution in [2.75, 3.05) is 6.54 Å². The third-order valence-electron chi connectivity index (χ3n) is 3.42. The molecule has 15 heavy (non-hydrogen) atoms. The first kappa shape index (κ1) is 10.7.